The number of anilines is 1. The van der Waals surface area contributed by atoms with E-state index in [1.807, 2.05) is 29.3 Å². The van der Waals surface area contributed by atoms with E-state index in [1.165, 1.54) is 0 Å². The number of carbonyl (C=O) groups is 2. The van der Waals surface area contributed by atoms with Gasteiger partial charge in [0.15, 0.2) is 11.6 Å². The Kier molecular flexibility index (Phi) is 5.23. The highest BCUT2D eigenvalue weighted by molar-refractivity contribution is 5.80. The summed E-state index contributed by atoms with van der Waals surface area (Å²) in [6.45, 7) is 5.71. The van der Waals surface area contributed by atoms with E-state index in [4.69, 9.17) is 0 Å². The van der Waals surface area contributed by atoms with Crippen LogP contribution in [0.3, 0.4) is 0 Å². The van der Waals surface area contributed by atoms with Crippen LogP contribution in [0.2, 0.25) is 0 Å². The molecule has 0 unspecified atom stereocenters. The highest BCUT2D eigenvalue weighted by Gasteiger charge is 2.31. The van der Waals surface area contributed by atoms with Crippen molar-refractivity contribution < 1.29 is 9.59 Å². The Hall–Kier alpha value is -2.97. The van der Waals surface area contributed by atoms with E-state index in [2.05, 4.69) is 20.2 Å². The number of hydrogen-bond acceptors (Lipinski definition) is 6. The van der Waals surface area contributed by atoms with Gasteiger partial charge >= 0.3 is 0 Å². The molecule has 2 aliphatic rings. The van der Waals surface area contributed by atoms with Gasteiger partial charge in [-0.3, -0.25) is 9.59 Å². The number of hydrogen-bond donors (Lipinski definition) is 0. The van der Waals surface area contributed by atoms with Crippen LogP contribution in [0, 0.1) is 5.92 Å². The Balaban J connectivity index is 1.30. The minimum atomic E-state index is 0.0523. The topological polar surface area (TPSA) is 87.5 Å². The second kappa shape index (κ2) is 7.95. The zero-order valence-corrected chi connectivity index (χ0v) is 16.1. The highest BCUT2D eigenvalue weighted by Crippen LogP contribution is 2.24. The Morgan fingerprint density at radius 2 is 1.57 bits per heavy atom. The van der Waals surface area contributed by atoms with Crippen molar-refractivity contribution >= 4 is 17.6 Å². The van der Waals surface area contributed by atoms with Crippen LogP contribution in [0.5, 0.6) is 0 Å². The van der Waals surface area contributed by atoms with Gasteiger partial charge in [-0.1, -0.05) is 0 Å². The quantitative estimate of drug-likeness (QED) is 0.770. The maximum atomic E-state index is 12.8. The van der Waals surface area contributed by atoms with Crippen molar-refractivity contribution in [2.24, 2.45) is 5.92 Å². The van der Waals surface area contributed by atoms with Crippen LogP contribution in [0.25, 0.3) is 5.82 Å². The third-order valence-corrected chi connectivity index (χ3v) is 5.58. The minimum absolute atomic E-state index is 0.0523. The second-order valence-corrected chi connectivity index (χ2v) is 7.29. The Bertz CT molecular complexity index is 805. The van der Waals surface area contributed by atoms with E-state index >= 15 is 0 Å². The summed E-state index contributed by atoms with van der Waals surface area (Å²) in [5.41, 5.74) is 0. The van der Waals surface area contributed by atoms with Crippen molar-refractivity contribution in [1.82, 2.24) is 29.8 Å². The largest absolute Gasteiger partial charge is 0.355 e. The molecule has 0 aromatic carbocycles. The summed E-state index contributed by atoms with van der Waals surface area (Å²) < 4.78 is 1.67. The van der Waals surface area contributed by atoms with Crippen LogP contribution < -0.4 is 4.90 Å². The molecule has 148 valence electrons. The molecule has 9 heteroatoms. The molecule has 0 saturated carbocycles. The first kappa shape index (κ1) is 18.4. The van der Waals surface area contributed by atoms with E-state index in [0.717, 1.165) is 31.7 Å². The van der Waals surface area contributed by atoms with Gasteiger partial charge < -0.3 is 14.7 Å². The number of amides is 2. The van der Waals surface area contributed by atoms with Gasteiger partial charge in [0.05, 0.1) is 0 Å². The molecule has 9 nitrogen and oxygen atoms in total. The van der Waals surface area contributed by atoms with E-state index in [-0.39, 0.29) is 17.7 Å². The van der Waals surface area contributed by atoms with Crippen LogP contribution in [-0.2, 0) is 9.59 Å². The standard InChI is InChI=1S/C19H25N7O2/c1-15(27)23-11-13-25(14-12-23)19(28)16-5-9-24(10-6-16)17-3-4-18(22-21-17)26-8-2-7-20-26/h2-4,7-8,16H,5-6,9-14H2,1H3. The van der Waals surface area contributed by atoms with Gasteiger partial charge in [0, 0.05) is 64.5 Å². The van der Waals surface area contributed by atoms with Crippen molar-refractivity contribution in [2.45, 2.75) is 19.8 Å². The van der Waals surface area contributed by atoms with Crippen LogP contribution in [0.15, 0.2) is 30.6 Å². The summed E-state index contributed by atoms with van der Waals surface area (Å²) in [6.07, 6.45) is 5.16. The molecular weight excluding hydrogens is 358 g/mol. The van der Waals surface area contributed by atoms with E-state index < -0.39 is 0 Å². The summed E-state index contributed by atoms with van der Waals surface area (Å²) >= 11 is 0. The summed E-state index contributed by atoms with van der Waals surface area (Å²) in [5, 5.41) is 12.7. The SMILES string of the molecule is CC(=O)N1CCN(C(=O)C2CCN(c3ccc(-n4cccn4)nn3)CC2)CC1. The fourth-order valence-corrected chi connectivity index (χ4v) is 3.87. The molecule has 2 aliphatic heterocycles. The molecule has 0 bridgehead atoms. The molecular formula is C19H25N7O2. The van der Waals surface area contributed by atoms with Gasteiger partial charge in [-0.15, -0.1) is 10.2 Å². The summed E-state index contributed by atoms with van der Waals surface area (Å²) in [4.78, 5) is 30.1. The molecule has 2 amide bonds. The first-order valence-electron chi connectivity index (χ1n) is 9.75. The minimum Gasteiger partial charge on any atom is -0.355 e. The van der Waals surface area contributed by atoms with Crippen molar-refractivity contribution in [1.29, 1.82) is 0 Å². The van der Waals surface area contributed by atoms with Crippen molar-refractivity contribution in [3.05, 3.63) is 30.6 Å². The third-order valence-electron chi connectivity index (χ3n) is 5.58. The summed E-state index contributed by atoms with van der Waals surface area (Å²) in [7, 11) is 0. The molecule has 0 aliphatic carbocycles. The molecule has 4 rings (SSSR count). The predicted molar refractivity (Wildman–Crippen MR) is 103 cm³/mol. The smallest absolute Gasteiger partial charge is 0.225 e. The van der Waals surface area contributed by atoms with Crippen molar-refractivity contribution in [3.8, 4) is 5.82 Å². The van der Waals surface area contributed by atoms with Crippen LogP contribution in [0.4, 0.5) is 5.82 Å². The average Bonchev–Trinajstić information content (AvgIpc) is 3.28. The molecule has 0 atom stereocenters. The zero-order chi connectivity index (χ0) is 19.5. The second-order valence-electron chi connectivity index (χ2n) is 7.29. The maximum absolute atomic E-state index is 12.8. The third kappa shape index (κ3) is 3.83. The Labute approximate surface area is 163 Å². The number of rotatable bonds is 3. The lowest BCUT2D eigenvalue weighted by Gasteiger charge is -2.38. The average molecular weight is 383 g/mol. The first-order valence-corrected chi connectivity index (χ1v) is 9.75. The molecule has 28 heavy (non-hydrogen) atoms. The van der Waals surface area contributed by atoms with Gasteiger partial charge in [0.2, 0.25) is 11.8 Å². The molecule has 0 spiro atoms. The van der Waals surface area contributed by atoms with Crippen molar-refractivity contribution in [2.75, 3.05) is 44.2 Å². The van der Waals surface area contributed by atoms with E-state index in [1.54, 1.807) is 22.7 Å². The monoisotopic (exact) mass is 383 g/mol. The fraction of sp³-hybridized carbons (Fsp3) is 0.526. The van der Waals surface area contributed by atoms with Gasteiger partial charge in [0.1, 0.15) is 0 Å². The lowest BCUT2D eigenvalue weighted by molar-refractivity contribution is -0.141. The van der Waals surface area contributed by atoms with Gasteiger partial charge in [-0.05, 0) is 31.0 Å². The lowest BCUT2D eigenvalue weighted by Crippen LogP contribution is -2.52. The Morgan fingerprint density at radius 1 is 0.929 bits per heavy atom. The normalized spacial score (nSPS) is 18.4. The zero-order valence-electron chi connectivity index (χ0n) is 16.1. The van der Waals surface area contributed by atoms with E-state index in [9.17, 15) is 9.59 Å². The predicted octanol–water partition coefficient (Wildman–Crippen LogP) is 0.569. The number of nitrogens with zero attached hydrogens (tertiary/aromatic N) is 7. The fourth-order valence-electron chi connectivity index (χ4n) is 3.87. The summed E-state index contributed by atoms with van der Waals surface area (Å²) in [6, 6.07) is 5.70. The van der Waals surface area contributed by atoms with Gasteiger partial charge in [-0.2, -0.15) is 5.10 Å². The lowest BCUT2D eigenvalue weighted by atomic mass is 9.95. The number of aromatic nitrogens is 4. The van der Waals surface area contributed by atoms with Crippen LogP contribution in [-0.4, -0.2) is 80.9 Å². The van der Waals surface area contributed by atoms with Crippen LogP contribution in [0.1, 0.15) is 19.8 Å². The Morgan fingerprint density at radius 3 is 2.14 bits per heavy atom. The number of carbonyl (C=O) groups excluding carboxylic acids is 2. The molecule has 2 fully saturated rings. The molecule has 2 aromatic rings. The number of piperidine rings is 1. The van der Waals surface area contributed by atoms with E-state index in [0.29, 0.717) is 32.0 Å². The maximum Gasteiger partial charge on any atom is 0.225 e. The van der Waals surface area contributed by atoms with Gasteiger partial charge in [-0.25, -0.2) is 4.68 Å². The van der Waals surface area contributed by atoms with Crippen molar-refractivity contribution in [3.63, 3.8) is 0 Å². The number of piperazine rings is 1. The molecule has 2 aromatic heterocycles. The molecule has 2 saturated heterocycles. The van der Waals surface area contributed by atoms with Crippen LogP contribution >= 0.6 is 0 Å². The molecule has 0 N–H and O–H groups in total. The molecule has 0 radical (unpaired) electrons. The highest BCUT2D eigenvalue weighted by atomic mass is 16.2. The first-order chi connectivity index (χ1) is 13.6. The van der Waals surface area contributed by atoms with Gasteiger partial charge in [0.25, 0.3) is 0 Å². The molecule has 4 heterocycles. The summed E-state index contributed by atoms with van der Waals surface area (Å²) in [5.74, 6) is 1.87.